The molecule has 0 radical (unpaired) electrons. The van der Waals surface area contributed by atoms with Crippen molar-refractivity contribution in [3.8, 4) is 34.5 Å². The van der Waals surface area contributed by atoms with Crippen LogP contribution in [-0.4, -0.2) is 49.0 Å². The number of Topliss-reactive ketones (excluding diaryl/α,β-unsaturated/α-hetero) is 1. The first-order chi connectivity index (χ1) is 14.8. The number of aliphatic hydroxyl groups is 1. The molecular formula is C23H22O8. The van der Waals surface area contributed by atoms with Gasteiger partial charge in [0.15, 0.2) is 23.2 Å². The van der Waals surface area contributed by atoms with Gasteiger partial charge in [-0.15, -0.1) is 0 Å². The highest BCUT2D eigenvalue weighted by atomic mass is 16.6. The highest BCUT2D eigenvalue weighted by Gasteiger charge is 2.57. The van der Waals surface area contributed by atoms with Crippen LogP contribution in [0.5, 0.6) is 34.5 Å². The molecule has 0 amide bonds. The Hall–Kier alpha value is -3.39. The Labute approximate surface area is 178 Å². The van der Waals surface area contributed by atoms with Crippen LogP contribution in [0.15, 0.2) is 30.4 Å². The summed E-state index contributed by atoms with van der Waals surface area (Å²) in [5.41, 5.74) is -0.480. The summed E-state index contributed by atoms with van der Waals surface area (Å²) in [6, 6.07) is 4.44. The zero-order chi connectivity index (χ0) is 22.1. The molecular weight excluding hydrogens is 404 g/mol. The van der Waals surface area contributed by atoms with Crippen LogP contribution in [0.2, 0.25) is 0 Å². The first kappa shape index (κ1) is 19.6. The number of benzene rings is 2. The molecule has 31 heavy (non-hydrogen) atoms. The lowest BCUT2D eigenvalue weighted by molar-refractivity contribution is -0.0805. The molecule has 0 fully saturated rings. The van der Waals surface area contributed by atoms with E-state index in [2.05, 4.69) is 6.58 Å². The van der Waals surface area contributed by atoms with Gasteiger partial charge in [-0.05, 0) is 18.6 Å². The Morgan fingerprint density at radius 3 is 2.55 bits per heavy atom. The molecule has 5 rings (SSSR count). The molecule has 2 aromatic carbocycles. The predicted octanol–water partition coefficient (Wildman–Crippen LogP) is 2.51. The third-order valence-electron chi connectivity index (χ3n) is 6.12. The topological polar surface area (TPSA) is 104 Å². The van der Waals surface area contributed by atoms with Crippen LogP contribution in [0.25, 0.3) is 0 Å². The van der Waals surface area contributed by atoms with Crippen LogP contribution in [-0.2, 0) is 12.0 Å². The quantitative estimate of drug-likeness (QED) is 0.722. The Bertz CT molecular complexity index is 1140. The van der Waals surface area contributed by atoms with E-state index in [1.54, 1.807) is 6.07 Å². The molecule has 8 nitrogen and oxygen atoms in total. The van der Waals surface area contributed by atoms with E-state index >= 15 is 0 Å². The number of methoxy groups -OCH3 is 2. The Morgan fingerprint density at radius 2 is 1.87 bits per heavy atom. The number of aromatic hydroxyl groups is 1. The Balaban J connectivity index is 1.67. The normalized spacial score (nSPS) is 25.1. The number of rotatable bonds is 3. The molecule has 0 saturated heterocycles. The molecule has 3 aliphatic heterocycles. The number of carbonyl (C=O) groups excluding carboxylic acids is 1. The van der Waals surface area contributed by atoms with Gasteiger partial charge in [0.05, 0.1) is 14.2 Å². The van der Waals surface area contributed by atoms with Crippen LogP contribution in [0.4, 0.5) is 0 Å². The van der Waals surface area contributed by atoms with Crippen LogP contribution in [0.3, 0.4) is 0 Å². The van der Waals surface area contributed by atoms with Gasteiger partial charge >= 0.3 is 0 Å². The van der Waals surface area contributed by atoms with Crippen LogP contribution in [0, 0.1) is 0 Å². The zero-order valence-electron chi connectivity index (χ0n) is 17.4. The summed E-state index contributed by atoms with van der Waals surface area (Å²) in [6.07, 6.45) is -0.845. The number of carbonyl (C=O) groups is 1. The molecule has 0 spiro atoms. The summed E-state index contributed by atoms with van der Waals surface area (Å²) in [5, 5.41) is 22.3. The van der Waals surface area contributed by atoms with E-state index in [9.17, 15) is 15.0 Å². The third kappa shape index (κ3) is 2.54. The second kappa shape index (κ2) is 6.55. The van der Waals surface area contributed by atoms with Gasteiger partial charge in [0, 0.05) is 29.7 Å². The van der Waals surface area contributed by atoms with E-state index in [-0.39, 0.29) is 41.1 Å². The van der Waals surface area contributed by atoms with Gasteiger partial charge in [0.1, 0.15) is 41.3 Å². The van der Waals surface area contributed by atoms with Crippen LogP contribution < -0.4 is 23.7 Å². The fourth-order valence-electron chi connectivity index (χ4n) is 4.42. The van der Waals surface area contributed by atoms with Crippen molar-refractivity contribution in [1.29, 1.82) is 0 Å². The van der Waals surface area contributed by atoms with Crippen molar-refractivity contribution >= 4 is 5.78 Å². The molecule has 0 aromatic heterocycles. The van der Waals surface area contributed by atoms with E-state index in [1.165, 1.54) is 26.4 Å². The molecule has 3 atom stereocenters. The third-order valence-corrected chi connectivity index (χ3v) is 6.12. The molecule has 2 N–H and O–H groups in total. The number of phenols is 1. The van der Waals surface area contributed by atoms with E-state index < -0.39 is 17.5 Å². The second-order valence-corrected chi connectivity index (χ2v) is 7.95. The van der Waals surface area contributed by atoms with Crippen molar-refractivity contribution in [3.63, 3.8) is 0 Å². The number of hydrogen-bond donors (Lipinski definition) is 2. The zero-order valence-corrected chi connectivity index (χ0v) is 17.4. The Morgan fingerprint density at radius 1 is 1.16 bits per heavy atom. The van der Waals surface area contributed by atoms with Gasteiger partial charge in [-0.3, -0.25) is 4.79 Å². The minimum absolute atomic E-state index is 0.0701. The summed E-state index contributed by atoms with van der Waals surface area (Å²) in [4.78, 5) is 13.6. The van der Waals surface area contributed by atoms with Crippen molar-refractivity contribution in [2.24, 2.45) is 0 Å². The van der Waals surface area contributed by atoms with Crippen molar-refractivity contribution in [2.45, 2.75) is 31.2 Å². The molecule has 0 unspecified atom stereocenters. The summed E-state index contributed by atoms with van der Waals surface area (Å²) in [5.74, 6) is 0.668. The number of phenolic OH excluding ortho intramolecular Hbond substituents is 1. The highest BCUT2D eigenvalue weighted by molar-refractivity contribution is 6.09. The van der Waals surface area contributed by atoms with E-state index in [0.29, 0.717) is 29.2 Å². The van der Waals surface area contributed by atoms with Gasteiger partial charge in [-0.2, -0.15) is 0 Å². The number of fused-ring (bicyclic) bond motifs is 6. The first-order valence-corrected chi connectivity index (χ1v) is 9.83. The lowest BCUT2D eigenvalue weighted by Gasteiger charge is -2.43. The fraction of sp³-hybridized carbons (Fsp3) is 0.348. The van der Waals surface area contributed by atoms with E-state index in [4.69, 9.17) is 23.7 Å². The molecule has 2 aromatic rings. The average Bonchev–Trinajstić information content (AvgIpc) is 3.18. The van der Waals surface area contributed by atoms with Gasteiger partial charge in [-0.25, -0.2) is 0 Å². The second-order valence-electron chi connectivity index (χ2n) is 7.95. The number of hydrogen-bond acceptors (Lipinski definition) is 8. The first-order valence-electron chi connectivity index (χ1n) is 9.83. The minimum Gasteiger partial charge on any atom is -0.507 e. The van der Waals surface area contributed by atoms with Gasteiger partial charge in [0.25, 0.3) is 0 Å². The molecule has 162 valence electrons. The maximum Gasteiger partial charge on any atom is 0.210 e. The van der Waals surface area contributed by atoms with Gasteiger partial charge in [0.2, 0.25) is 5.78 Å². The lowest BCUT2D eigenvalue weighted by atomic mass is 9.76. The molecule has 8 heteroatoms. The Kier molecular flexibility index (Phi) is 4.14. The fourth-order valence-corrected chi connectivity index (χ4v) is 4.42. The van der Waals surface area contributed by atoms with Crippen molar-refractivity contribution < 1.29 is 38.7 Å². The van der Waals surface area contributed by atoms with Crippen molar-refractivity contribution in [1.82, 2.24) is 0 Å². The van der Waals surface area contributed by atoms with E-state index in [1.807, 2.05) is 6.92 Å². The highest BCUT2D eigenvalue weighted by Crippen LogP contribution is 2.53. The summed E-state index contributed by atoms with van der Waals surface area (Å²) in [6.45, 7) is 5.70. The molecule has 0 bridgehead atoms. The lowest BCUT2D eigenvalue weighted by Crippen LogP contribution is -2.57. The molecule has 3 heterocycles. The largest absolute Gasteiger partial charge is 0.507 e. The van der Waals surface area contributed by atoms with Crippen molar-refractivity contribution in [2.75, 3.05) is 20.8 Å². The molecule has 0 saturated carbocycles. The molecule has 0 aliphatic carbocycles. The smallest absolute Gasteiger partial charge is 0.210 e. The number of ketones is 1. The SMILES string of the molecule is C=C(C)[C@@H]1Cc2c(cc(O)c3c2O[C@@H]2COc4cc(OC)c(OC)cc4[C@]2(O)C3=O)O1. The minimum atomic E-state index is -2.07. The van der Waals surface area contributed by atoms with E-state index in [0.717, 1.165) is 5.57 Å². The van der Waals surface area contributed by atoms with Gasteiger partial charge < -0.3 is 33.9 Å². The maximum atomic E-state index is 13.6. The van der Waals surface area contributed by atoms with Crippen LogP contribution >= 0.6 is 0 Å². The maximum absolute atomic E-state index is 13.6. The summed E-state index contributed by atoms with van der Waals surface area (Å²) in [7, 11) is 2.94. The van der Waals surface area contributed by atoms with Crippen molar-refractivity contribution in [3.05, 3.63) is 47.0 Å². The standard InChI is InChI=1S/C23H22O8/c1-10(2)14-5-11-15(30-14)7-13(24)20-21(11)31-19-9-29-16-8-18(28-4)17(27-3)6-12(16)23(19,26)22(20)25/h6-8,14,19,24,26H,1,5,9H2,2-4H3/t14-,19+,23+/m0/s1. The number of ether oxygens (including phenoxy) is 5. The van der Waals surface area contributed by atoms with Crippen LogP contribution in [0.1, 0.15) is 28.4 Å². The predicted molar refractivity (Wildman–Crippen MR) is 109 cm³/mol. The summed E-state index contributed by atoms with van der Waals surface area (Å²) >= 11 is 0. The monoisotopic (exact) mass is 426 g/mol. The summed E-state index contributed by atoms with van der Waals surface area (Å²) < 4.78 is 28.4. The van der Waals surface area contributed by atoms with Gasteiger partial charge in [-0.1, -0.05) is 6.58 Å². The molecule has 3 aliphatic rings. The average molecular weight is 426 g/mol.